The third kappa shape index (κ3) is 2.55. The topological polar surface area (TPSA) is 29.5 Å². The molecule has 1 rings (SSSR count). The van der Waals surface area contributed by atoms with Crippen LogP contribution >= 0.6 is 12.6 Å². The lowest BCUT2D eigenvalue weighted by Gasteiger charge is -2.05. The van der Waals surface area contributed by atoms with Crippen LogP contribution in [-0.4, -0.2) is 18.7 Å². The molecule has 0 heterocycles. The van der Waals surface area contributed by atoms with Gasteiger partial charge in [-0.2, -0.15) is 0 Å². The third-order valence-electron chi connectivity index (χ3n) is 1.50. The second kappa shape index (κ2) is 4.55. The first-order valence-corrected chi connectivity index (χ1v) is 4.27. The maximum Gasteiger partial charge on any atom is 0.491 e. The van der Waals surface area contributed by atoms with Gasteiger partial charge in [-0.25, -0.2) is 0 Å². The molecule has 1 aromatic rings. The molecule has 0 aromatic heterocycles. The Morgan fingerprint density at radius 1 is 1.42 bits per heavy atom. The molecule has 12 heavy (non-hydrogen) atoms. The van der Waals surface area contributed by atoms with E-state index in [4.69, 9.17) is 4.65 Å². The van der Waals surface area contributed by atoms with E-state index in [2.05, 4.69) is 12.6 Å². The van der Waals surface area contributed by atoms with Crippen molar-refractivity contribution in [1.29, 1.82) is 0 Å². The molecule has 0 spiro atoms. The molecular weight excluding hydrogens is 171 g/mol. The monoisotopic (exact) mass is 182 g/mol. The van der Waals surface area contributed by atoms with Gasteiger partial charge in [-0.15, -0.1) is 12.6 Å². The van der Waals surface area contributed by atoms with Gasteiger partial charge in [-0.1, -0.05) is 12.1 Å². The van der Waals surface area contributed by atoms with E-state index in [1.165, 1.54) is 0 Å². The summed E-state index contributed by atoms with van der Waals surface area (Å²) < 4.78 is 5.00. The Balaban J connectivity index is 2.68. The first-order chi connectivity index (χ1) is 5.74. The Morgan fingerprint density at radius 2 is 2.00 bits per heavy atom. The van der Waals surface area contributed by atoms with Gasteiger partial charge in [0.2, 0.25) is 0 Å². The van der Waals surface area contributed by atoms with Crippen LogP contribution in [0.1, 0.15) is 6.92 Å². The molecule has 0 aliphatic carbocycles. The van der Waals surface area contributed by atoms with Gasteiger partial charge in [-0.05, 0) is 24.5 Å². The van der Waals surface area contributed by atoms with E-state index >= 15 is 0 Å². The van der Waals surface area contributed by atoms with Crippen molar-refractivity contribution in [2.75, 3.05) is 6.61 Å². The average molecular weight is 182 g/mol. The van der Waals surface area contributed by atoms with Gasteiger partial charge in [0.05, 0.1) is 0 Å². The summed E-state index contributed by atoms with van der Waals surface area (Å²) >= 11 is 4.13. The van der Waals surface area contributed by atoms with Gasteiger partial charge < -0.3 is 9.68 Å². The maximum absolute atomic E-state index is 9.36. The summed E-state index contributed by atoms with van der Waals surface area (Å²) in [5.41, 5.74) is 0.759. The van der Waals surface area contributed by atoms with Crippen molar-refractivity contribution in [3.05, 3.63) is 24.3 Å². The molecule has 2 nitrogen and oxygen atoms in total. The molecule has 0 saturated heterocycles. The van der Waals surface area contributed by atoms with Crippen LogP contribution in [0, 0.1) is 0 Å². The predicted octanol–water partition coefficient (Wildman–Crippen LogP) is 0.699. The van der Waals surface area contributed by atoms with Crippen molar-refractivity contribution in [3.63, 3.8) is 0 Å². The molecule has 0 unspecified atom stereocenters. The van der Waals surface area contributed by atoms with E-state index in [1.807, 2.05) is 19.1 Å². The SMILES string of the molecule is CCOB(O)c1ccc(S)cc1. The maximum atomic E-state index is 9.36. The summed E-state index contributed by atoms with van der Waals surface area (Å²) in [6.45, 7) is 2.35. The van der Waals surface area contributed by atoms with Crippen molar-refractivity contribution in [2.24, 2.45) is 0 Å². The molecule has 1 aromatic carbocycles. The van der Waals surface area contributed by atoms with E-state index in [0.29, 0.717) is 6.61 Å². The fourth-order valence-corrected chi connectivity index (χ4v) is 1.04. The highest BCUT2D eigenvalue weighted by Gasteiger charge is 2.14. The Labute approximate surface area is 78.1 Å². The van der Waals surface area contributed by atoms with Crippen LogP contribution in [-0.2, 0) is 4.65 Å². The molecule has 0 radical (unpaired) electrons. The second-order valence-corrected chi connectivity index (χ2v) is 2.92. The molecule has 0 amide bonds. The highest BCUT2D eigenvalue weighted by Crippen LogP contribution is 2.01. The van der Waals surface area contributed by atoms with Gasteiger partial charge in [0.25, 0.3) is 0 Å². The van der Waals surface area contributed by atoms with Crippen molar-refractivity contribution < 1.29 is 9.68 Å². The Morgan fingerprint density at radius 3 is 2.50 bits per heavy atom. The number of hydrogen-bond donors (Lipinski definition) is 2. The minimum atomic E-state index is -0.816. The van der Waals surface area contributed by atoms with Gasteiger partial charge in [0.1, 0.15) is 0 Å². The Kier molecular flexibility index (Phi) is 3.65. The number of rotatable bonds is 3. The predicted molar refractivity (Wildman–Crippen MR) is 52.9 cm³/mol. The molecular formula is C8H11BO2S. The molecule has 0 aliphatic heterocycles. The molecule has 0 fully saturated rings. The molecule has 0 saturated carbocycles. The van der Waals surface area contributed by atoms with Crippen LogP contribution in [0.2, 0.25) is 0 Å². The van der Waals surface area contributed by atoms with Crippen molar-refractivity contribution in [2.45, 2.75) is 11.8 Å². The first-order valence-electron chi connectivity index (χ1n) is 3.82. The first kappa shape index (κ1) is 9.64. The van der Waals surface area contributed by atoms with Crippen molar-refractivity contribution >= 4 is 25.2 Å². The fourth-order valence-electron chi connectivity index (χ4n) is 0.893. The zero-order valence-electron chi connectivity index (χ0n) is 6.90. The molecule has 0 aliphatic rings. The largest absolute Gasteiger partial charge is 0.491 e. The van der Waals surface area contributed by atoms with Gasteiger partial charge in [0.15, 0.2) is 0 Å². The standard InChI is InChI=1S/C8H11BO2S/c1-2-11-9(10)7-3-5-8(12)6-4-7/h3-6,10,12H,2H2,1H3. The summed E-state index contributed by atoms with van der Waals surface area (Å²) in [5, 5.41) is 9.36. The molecule has 4 heteroatoms. The van der Waals surface area contributed by atoms with Crippen LogP contribution in [0.25, 0.3) is 0 Å². The summed E-state index contributed by atoms with van der Waals surface area (Å²) in [5.74, 6) is 0. The van der Waals surface area contributed by atoms with Gasteiger partial charge in [-0.3, -0.25) is 0 Å². The summed E-state index contributed by atoms with van der Waals surface area (Å²) in [7, 11) is -0.816. The lowest BCUT2D eigenvalue weighted by molar-refractivity contribution is 0.287. The zero-order chi connectivity index (χ0) is 8.97. The van der Waals surface area contributed by atoms with Crippen molar-refractivity contribution in [1.82, 2.24) is 0 Å². The highest BCUT2D eigenvalue weighted by molar-refractivity contribution is 7.80. The van der Waals surface area contributed by atoms with Gasteiger partial charge in [0, 0.05) is 11.5 Å². The van der Waals surface area contributed by atoms with Crippen LogP contribution in [0.5, 0.6) is 0 Å². The Hall–Kier alpha value is -0.445. The van der Waals surface area contributed by atoms with Crippen LogP contribution in [0.15, 0.2) is 29.2 Å². The fraction of sp³-hybridized carbons (Fsp3) is 0.250. The van der Waals surface area contributed by atoms with Crippen LogP contribution < -0.4 is 5.46 Å². The second-order valence-electron chi connectivity index (χ2n) is 2.40. The van der Waals surface area contributed by atoms with Gasteiger partial charge >= 0.3 is 7.12 Å². The van der Waals surface area contributed by atoms with Crippen molar-refractivity contribution in [3.8, 4) is 0 Å². The lowest BCUT2D eigenvalue weighted by Crippen LogP contribution is -2.33. The lowest BCUT2D eigenvalue weighted by atomic mass is 9.80. The van der Waals surface area contributed by atoms with Crippen LogP contribution in [0.3, 0.4) is 0 Å². The van der Waals surface area contributed by atoms with Crippen LogP contribution in [0.4, 0.5) is 0 Å². The van der Waals surface area contributed by atoms with E-state index in [-0.39, 0.29) is 0 Å². The summed E-state index contributed by atoms with van der Waals surface area (Å²) in [4.78, 5) is 0.877. The quantitative estimate of drug-likeness (QED) is 0.532. The number of benzene rings is 1. The van der Waals surface area contributed by atoms with E-state index in [0.717, 1.165) is 10.4 Å². The average Bonchev–Trinajstić information content (AvgIpc) is 2.06. The zero-order valence-corrected chi connectivity index (χ0v) is 7.79. The molecule has 1 N–H and O–H groups in total. The highest BCUT2D eigenvalue weighted by atomic mass is 32.1. The molecule has 64 valence electrons. The third-order valence-corrected chi connectivity index (χ3v) is 1.80. The van der Waals surface area contributed by atoms with E-state index in [9.17, 15) is 5.02 Å². The van der Waals surface area contributed by atoms with E-state index < -0.39 is 7.12 Å². The smallest absolute Gasteiger partial charge is 0.423 e. The summed E-state index contributed by atoms with van der Waals surface area (Å²) in [6.07, 6.45) is 0. The molecule has 0 atom stereocenters. The normalized spacial score (nSPS) is 9.92. The minimum absolute atomic E-state index is 0.504. The number of hydrogen-bond acceptors (Lipinski definition) is 3. The molecule has 0 bridgehead atoms. The number of thiol groups is 1. The Bertz CT molecular complexity index is 237. The minimum Gasteiger partial charge on any atom is -0.423 e. The van der Waals surface area contributed by atoms with E-state index in [1.54, 1.807) is 12.1 Å². The summed E-state index contributed by atoms with van der Waals surface area (Å²) in [6, 6.07) is 7.23.